The van der Waals surface area contributed by atoms with Crippen LogP contribution in [0.4, 0.5) is 0 Å². The zero-order valence-corrected chi connectivity index (χ0v) is 25.3. The predicted molar refractivity (Wildman–Crippen MR) is 215 cm³/mol. The molecule has 8 aromatic carbocycles. The van der Waals surface area contributed by atoms with Gasteiger partial charge in [-0.3, -0.25) is 0 Å². The van der Waals surface area contributed by atoms with Crippen molar-refractivity contribution in [1.82, 2.24) is 13.7 Å². The predicted octanol–water partition coefficient (Wildman–Crippen LogP) is 12.6. The zero-order valence-electron chi connectivity index (χ0n) is 56.3. The maximum Gasteiger partial charge on any atom is 0.0782 e. The Balaban J connectivity index is 1.48. The Morgan fingerprint density at radius 2 is 0.765 bits per heavy atom. The lowest BCUT2D eigenvalue weighted by molar-refractivity contribution is 1.13. The van der Waals surface area contributed by atoms with E-state index in [1.807, 2.05) is 0 Å². The van der Waals surface area contributed by atoms with Gasteiger partial charge in [0.05, 0.1) is 81.3 Å². The molecule has 0 saturated heterocycles. The highest BCUT2D eigenvalue weighted by Crippen LogP contribution is 2.41. The molecule has 3 heteroatoms. The van der Waals surface area contributed by atoms with Crippen molar-refractivity contribution in [1.29, 1.82) is 0 Å². The van der Waals surface area contributed by atoms with Gasteiger partial charge in [-0.2, -0.15) is 0 Å². The molecule has 3 aromatic heterocycles. The largest absolute Gasteiger partial charge is 0.309 e. The third kappa shape index (κ3) is 4.06. The molecule has 11 rings (SSSR count). The quantitative estimate of drug-likeness (QED) is 0.176. The monoisotopic (exact) mass is 680 g/mol. The van der Waals surface area contributed by atoms with E-state index in [1.165, 1.54) is 0 Å². The summed E-state index contributed by atoms with van der Waals surface area (Å²) in [6.45, 7) is 0. The molecule has 0 amide bonds. The number of hydrogen-bond donors (Lipinski definition) is 0. The summed E-state index contributed by atoms with van der Waals surface area (Å²) >= 11 is 0. The summed E-state index contributed by atoms with van der Waals surface area (Å²) in [7, 11) is 0. The lowest BCUT2D eigenvalue weighted by Crippen LogP contribution is -2.01. The third-order valence-corrected chi connectivity index (χ3v) is 8.40. The first-order valence-electron chi connectivity index (χ1n) is 30.5. The minimum Gasteiger partial charge on any atom is -0.309 e. The highest BCUT2D eigenvalue weighted by atomic mass is 15.1. The number of nitrogens with zero attached hydrogens (tertiary/aromatic N) is 3. The Labute approximate surface area is 338 Å². The van der Waals surface area contributed by atoms with Crippen LogP contribution in [0, 0.1) is 0 Å². The van der Waals surface area contributed by atoms with E-state index in [0.717, 1.165) is 4.57 Å². The van der Waals surface area contributed by atoms with Gasteiger partial charge in [-0.1, -0.05) is 133 Å². The van der Waals surface area contributed by atoms with E-state index >= 15 is 0 Å². The molecule has 0 spiro atoms. The van der Waals surface area contributed by atoms with E-state index in [0.29, 0.717) is 9.13 Å². The summed E-state index contributed by atoms with van der Waals surface area (Å²) in [6, 6.07) is -30.4. The highest BCUT2D eigenvalue weighted by Gasteiger charge is 2.21. The van der Waals surface area contributed by atoms with E-state index in [9.17, 15) is 19.2 Å². The third-order valence-electron chi connectivity index (χ3n) is 8.40. The van der Waals surface area contributed by atoms with Crippen molar-refractivity contribution < 1.29 is 42.5 Å². The van der Waals surface area contributed by atoms with Crippen LogP contribution >= 0.6 is 0 Å². The van der Waals surface area contributed by atoms with Gasteiger partial charge in [0.15, 0.2) is 0 Å². The highest BCUT2D eigenvalue weighted by molar-refractivity contribution is 6.16. The van der Waals surface area contributed by atoms with Crippen LogP contribution < -0.4 is 0 Å². The van der Waals surface area contributed by atoms with Crippen molar-refractivity contribution in [2.24, 2.45) is 0 Å². The summed E-state index contributed by atoms with van der Waals surface area (Å²) in [5.74, 6) is 0. The lowest BCUT2D eigenvalue weighted by atomic mass is 10.1. The first kappa shape index (κ1) is 11.3. The van der Waals surface area contributed by atoms with E-state index in [-0.39, 0.29) is 0 Å². The first-order chi connectivity index (χ1) is 38.2. The van der Waals surface area contributed by atoms with Crippen LogP contribution in [0.2, 0.25) is 0 Å². The van der Waals surface area contributed by atoms with Gasteiger partial charge in [-0.05, 0) is 65.5 Å². The number of aromatic nitrogens is 3. The Morgan fingerprint density at radius 1 is 0.294 bits per heavy atom. The van der Waals surface area contributed by atoms with Gasteiger partial charge >= 0.3 is 0 Å². The molecular formula is C48H31N3. The van der Waals surface area contributed by atoms with Gasteiger partial charge in [-0.25, -0.2) is 0 Å². The van der Waals surface area contributed by atoms with Crippen molar-refractivity contribution in [3.05, 3.63) is 187 Å². The van der Waals surface area contributed by atoms with Crippen LogP contribution in [0.1, 0.15) is 42.5 Å². The molecule has 0 N–H and O–H groups in total. The molecule has 0 atom stereocenters. The van der Waals surface area contributed by atoms with Crippen molar-refractivity contribution in [3.63, 3.8) is 0 Å². The van der Waals surface area contributed by atoms with E-state index < -0.39 is 281 Å². The van der Waals surface area contributed by atoms with Crippen LogP contribution in [0.5, 0.6) is 0 Å². The first-order valence-corrected chi connectivity index (χ1v) is 15.0. The molecule has 0 unspecified atom stereocenters. The number of hydrogen-bond acceptors (Lipinski definition) is 0. The van der Waals surface area contributed by atoms with Gasteiger partial charge in [-0.15, -0.1) is 0 Å². The second kappa shape index (κ2) is 10.8. The molecule has 0 fully saturated rings. The van der Waals surface area contributed by atoms with Crippen LogP contribution in [0.25, 0.3) is 93.6 Å². The number of para-hydroxylation sites is 5. The summed E-state index contributed by atoms with van der Waals surface area (Å²) in [5.41, 5.74) is -8.95. The molecule has 0 bridgehead atoms. The van der Waals surface area contributed by atoms with E-state index in [1.54, 1.807) is 0 Å². The molecule has 0 aliphatic heterocycles. The van der Waals surface area contributed by atoms with Crippen LogP contribution in [0.15, 0.2) is 187 Å². The maximum absolute atomic E-state index is 10.4. The normalized spacial score (nSPS) is 20.4. The molecule has 3 heterocycles. The topological polar surface area (TPSA) is 14.8 Å². The van der Waals surface area contributed by atoms with Crippen LogP contribution in [-0.2, 0) is 0 Å². The molecule has 51 heavy (non-hydrogen) atoms. The molecule has 0 aliphatic carbocycles. The average Bonchev–Trinajstić information content (AvgIpc) is 1.60. The molecule has 11 aromatic rings. The maximum atomic E-state index is 10.4. The Hall–Kier alpha value is -6.84. The SMILES string of the molecule is [2H]c1c([2H])c([2H])c(-c2c([2H])c([2H])c([2H])c(-n3c4c([2H])c([2H])c([2H])c([2H])c4c4c([2H])c([2H])c(-n5c6c([2H])c([2H])c([2H])c([2H])c6c6c([2H])c([2H])c([2H])c(-n7c8c([2H])c([2H])c([2H])c([2H])c8c8c([2H])c([2H])c([2H])c([2H])c87)c65)c([2H])c43)c2[2H])c([2H])c1[2H]. The Morgan fingerprint density at radius 3 is 1.43 bits per heavy atom. The fourth-order valence-corrected chi connectivity index (χ4v) is 6.37. The second-order valence-electron chi connectivity index (χ2n) is 11.0. The van der Waals surface area contributed by atoms with Gasteiger partial charge in [0.2, 0.25) is 0 Å². The van der Waals surface area contributed by atoms with E-state index in [2.05, 4.69) is 0 Å². The smallest absolute Gasteiger partial charge is 0.0782 e. The fraction of sp³-hybridized carbons (Fsp3) is 0. The molecule has 238 valence electrons. The standard InChI is InChI=1S/C48H31N3/c1-2-14-32(15-3-1)33-16-12-17-34(30-33)49-42-23-8-4-20-38(42)40-29-28-35(31-47(40)49)50-43-24-9-7-21-39(43)41-22-13-27-46(48(41)50)51-44-25-10-5-18-36(44)37-19-6-11-26-45(37)51/h1-31H/i1D,2D,3D,4D,5D,6D,7D,8D,9D,10D,11D,12D,13D,14D,15D,16D,17D,18D,19D,20D,21D,22D,23D,24D,25D,26D,27D,28D,29D,30D,31D. The minimum absolute atomic E-state index is 0.552. The number of rotatable bonds is 4. The molecule has 0 aliphatic rings. The Bertz CT molecular complexity index is 4830. The number of benzene rings is 8. The van der Waals surface area contributed by atoms with Crippen molar-refractivity contribution in [3.8, 4) is 28.2 Å². The van der Waals surface area contributed by atoms with Crippen LogP contribution in [0.3, 0.4) is 0 Å². The molecule has 3 nitrogen and oxygen atoms in total. The molecule has 0 radical (unpaired) electrons. The summed E-state index contributed by atoms with van der Waals surface area (Å²) < 4.78 is 284. The fourth-order valence-electron chi connectivity index (χ4n) is 6.37. The van der Waals surface area contributed by atoms with Crippen molar-refractivity contribution >= 4 is 65.4 Å². The van der Waals surface area contributed by atoms with Crippen LogP contribution in [-0.4, -0.2) is 13.7 Å². The number of fused-ring (bicyclic) bond motifs is 9. The molecule has 0 saturated carbocycles. The van der Waals surface area contributed by atoms with Gasteiger partial charge in [0.25, 0.3) is 0 Å². The van der Waals surface area contributed by atoms with Gasteiger partial charge in [0, 0.05) is 43.7 Å². The summed E-state index contributed by atoms with van der Waals surface area (Å²) in [4.78, 5) is 0. The van der Waals surface area contributed by atoms with Gasteiger partial charge in [0.1, 0.15) is 0 Å². The second-order valence-corrected chi connectivity index (χ2v) is 11.0. The van der Waals surface area contributed by atoms with E-state index in [4.69, 9.17) is 23.3 Å². The van der Waals surface area contributed by atoms with Gasteiger partial charge < -0.3 is 13.7 Å². The summed E-state index contributed by atoms with van der Waals surface area (Å²) in [5, 5.41) is -3.80. The van der Waals surface area contributed by atoms with Crippen molar-refractivity contribution in [2.45, 2.75) is 0 Å². The average molecular weight is 681 g/mol. The summed E-state index contributed by atoms with van der Waals surface area (Å²) in [6.07, 6.45) is 0. The van der Waals surface area contributed by atoms with Crippen molar-refractivity contribution in [2.75, 3.05) is 0 Å². The zero-order chi connectivity index (χ0) is 60.4. The Kier molecular flexibility index (Phi) is 2.41. The molecular weight excluding hydrogens is 619 g/mol. The minimum atomic E-state index is -1.13. The lowest BCUT2D eigenvalue weighted by Gasteiger charge is -2.15.